The van der Waals surface area contributed by atoms with Crippen LogP contribution in [0.25, 0.3) is 16.9 Å². The fourth-order valence-corrected chi connectivity index (χ4v) is 2.12. The Labute approximate surface area is 115 Å². The van der Waals surface area contributed by atoms with Crippen molar-refractivity contribution in [2.24, 2.45) is 0 Å². The molecule has 2 aromatic carbocycles. The zero-order chi connectivity index (χ0) is 14.1. The van der Waals surface area contributed by atoms with Crippen LogP contribution in [-0.2, 0) is 0 Å². The molecule has 1 N–H and O–H groups in total. The van der Waals surface area contributed by atoms with Crippen LogP contribution in [0.1, 0.15) is 5.56 Å². The third-order valence-electron chi connectivity index (χ3n) is 3.16. The Balaban J connectivity index is 2.12. The Morgan fingerprint density at radius 2 is 1.80 bits per heavy atom. The number of halogens is 1. The summed E-state index contributed by atoms with van der Waals surface area (Å²) < 4.78 is 14.8. The molecular formula is C16H13FN2O. The minimum Gasteiger partial charge on any atom is -0.507 e. The lowest BCUT2D eigenvalue weighted by Crippen LogP contribution is -1.99. The van der Waals surface area contributed by atoms with Crippen molar-refractivity contribution in [3.05, 3.63) is 66.1 Å². The Morgan fingerprint density at radius 1 is 1.05 bits per heavy atom. The maximum absolute atomic E-state index is 13.1. The number of aromatic hydroxyl groups is 1. The maximum Gasteiger partial charge on any atom is 0.127 e. The fraction of sp³-hybridized carbons (Fsp3) is 0.0625. The first-order valence-electron chi connectivity index (χ1n) is 6.25. The van der Waals surface area contributed by atoms with Gasteiger partial charge in [0.1, 0.15) is 11.6 Å². The molecule has 100 valence electrons. The van der Waals surface area contributed by atoms with Gasteiger partial charge in [0.25, 0.3) is 0 Å². The molecule has 20 heavy (non-hydrogen) atoms. The van der Waals surface area contributed by atoms with Gasteiger partial charge in [-0.25, -0.2) is 9.07 Å². The van der Waals surface area contributed by atoms with Crippen molar-refractivity contribution in [1.29, 1.82) is 0 Å². The lowest BCUT2D eigenvalue weighted by molar-refractivity contribution is 0.470. The number of hydrogen-bond acceptors (Lipinski definition) is 2. The predicted octanol–water partition coefficient (Wildman–Crippen LogP) is 3.69. The van der Waals surface area contributed by atoms with Crippen molar-refractivity contribution in [3.63, 3.8) is 0 Å². The number of benzene rings is 2. The quantitative estimate of drug-likeness (QED) is 0.769. The number of phenols is 1. The predicted molar refractivity (Wildman–Crippen MR) is 75.4 cm³/mol. The van der Waals surface area contributed by atoms with Crippen LogP contribution in [0, 0.1) is 12.7 Å². The molecule has 0 saturated heterocycles. The molecule has 0 aliphatic rings. The Hall–Kier alpha value is -2.62. The zero-order valence-electron chi connectivity index (χ0n) is 10.9. The second-order valence-corrected chi connectivity index (χ2v) is 4.63. The van der Waals surface area contributed by atoms with Crippen molar-refractivity contribution in [2.75, 3.05) is 0 Å². The highest BCUT2D eigenvalue weighted by Gasteiger charge is 2.11. The van der Waals surface area contributed by atoms with Gasteiger partial charge in [0.2, 0.25) is 0 Å². The Bertz CT molecular complexity index is 747. The number of hydrogen-bond donors (Lipinski definition) is 1. The standard InChI is InChI=1S/C16H13FN2O/c1-11-2-5-13(6-3-11)19-15(8-9-18-19)14-7-4-12(17)10-16(14)20/h2-10,20H,1H3. The molecule has 0 fully saturated rings. The molecule has 0 unspecified atom stereocenters. The van der Waals surface area contributed by atoms with E-state index in [9.17, 15) is 9.50 Å². The summed E-state index contributed by atoms with van der Waals surface area (Å²) in [6, 6.07) is 13.6. The summed E-state index contributed by atoms with van der Waals surface area (Å²) in [7, 11) is 0. The van der Waals surface area contributed by atoms with Crippen molar-refractivity contribution in [1.82, 2.24) is 9.78 Å². The van der Waals surface area contributed by atoms with Gasteiger partial charge >= 0.3 is 0 Å². The molecule has 4 heteroatoms. The third-order valence-corrected chi connectivity index (χ3v) is 3.16. The van der Waals surface area contributed by atoms with E-state index in [0.717, 1.165) is 17.3 Å². The third kappa shape index (κ3) is 2.16. The summed E-state index contributed by atoms with van der Waals surface area (Å²) in [5, 5.41) is 14.2. The largest absolute Gasteiger partial charge is 0.507 e. The first-order valence-corrected chi connectivity index (χ1v) is 6.25. The molecule has 0 aliphatic carbocycles. The highest BCUT2D eigenvalue weighted by Crippen LogP contribution is 2.30. The first kappa shape index (κ1) is 12.4. The average Bonchev–Trinajstić information content (AvgIpc) is 2.88. The van der Waals surface area contributed by atoms with Gasteiger partial charge < -0.3 is 5.11 Å². The number of aryl methyl sites for hydroxylation is 1. The van der Waals surface area contributed by atoms with E-state index in [1.54, 1.807) is 23.0 Å². The fourth-order valence-electron chi connectivity index (χ4n) is 2.12. The molecule has 3 rings (SSSR count). The van der Waals surface area contributed by atoms with Crippen LogP contribution >= 0.6 is 0 Å². The van der Waals surface area contributed by atoms with E-state index >= 15 is 0 Å². The lowest BCUT2D eigenvalue weighted by Gasteiger charge is -2.09. The van der Waals surface area contributed by atoms with E-state index in [4.69, 9.17) is 0 Å². The van der Waals surface area contributed by atoms with Crippen molar-refractivity contribution >= 4 is 0 Å². The highest BCUT2D eigenvalue weighted by molar-refractivity contribution is 5.68. The topological polar surface area (TPSA) is 38.0 Å². The van der Waals surface area contributed by atoms with Gasteiger partial charge in [-0.3, -0.25) is 0 Å². The summed E-state index contributed by atoms with van der Waals surface area (Å²) in [5.74, 6) is -0.563. The van der Waals surface area contributed by atoms with E-state index in [1.165, 1.54) is 6.07 Å². The lowest BCUT2D eigenvalue weighted by atomic mass is 10.1. The van der Waals surface area contributed by atoms with Crippen molar-refractivity contribution < 1.29 is 9.50 Å². The van der Waals surface area contributed by atoms with Crippen LogP contribution in [0.5, 0.6) is 5.75 Å². The second kappa shape index (κ2) is 4.81. The molecule has 1 aromatic heterocycles. The van der Waals surface area contributed by atoms with Gasteiger partial charge in [-0.15, -0.1) is 0 Å². The molecule has 0 atom stereocenters. The van der Waals surface area contributed by atoms with Crippen LogP contribution in [0.3, 0.4) is 0 Å². The molecule has 3 aromatic rings. The summed E-state index contributed by atoms with van der Waals surface area (Å²) in [6.45, 7) is 2.01. The zero-order valence-corrected chi connectivity index (χ0v) is 10.9. The molecule has 3 nitrogen and oxygen atoms in total. The molecular weight excluding hydrogens is 255 g/mol. The van der Waals surface area contributed by atoms with E-state index in [2.05, 4.69) is 5.10 Å². The Morgan fingerprint density at radius 3 is 2.50 bits per heavy atom. The number of aromatic nitrogens is 2. The number of rotatable bonds is 2. The van der Waals surface area contributed by atoms with E-state index in [-0.39, 0.29) is 5.75 Å². The first-order chi connectivity index (χ1) is 9.65. The molecule has 0 aliphatic heterocycles. The van der Waals surface area contributed by atoms with Gasteiger partial charge in [0, 0.05) is 11.6 Å². The van der Waals surface area contributed by atoms with Gasteiger partial charge in [0.05, 0.1) is 17.6 Å². The van der Waals surface area contributed by atoms with Crippen molar-refractivity contribution in [3.8, 4) is 22.7 Å². The van der Waals surface area contributed by atoms with E-state index < -0.39 is 5.82 Å². The van der Waals surface area contributed by atoms with Crippen LogP contribution in [0.15, 0.2) is 54.7 Å². The second-order valence-electron chi connectivity index (χ2n) is 4.63. The van der Waals surface area contributed by atoms with Gasteiger partial charge in [-0.1, -0.05) is 17.7 Å². The van der Waals surface area contributed by atoms with Crippen LogP contribution in [-0.4, -0.2) is 14.9 Å². The molecule has 0 bridgehead atoms. The molecule has 0 amide bonds. The van der Waals surface area contributed by atoms with Crippen molar-refractivity contribution in [2.45, 2.75) is 6.92 Å². The molecule has 0 spiro atoms. The summed E-state index contributed by atoms with van der Waals surface area (Å²) in [4.78, 5) is 0. The van der Waals surface area contributed by atoms with Gasteiger partial charge in [-0.05, 0) is 37.3 Å². The van der Waals surface area contributed by atoms with Crippen LogP contribution < -0.4 is 0 Å². The van der Waals surface area contributed by atoms with Gasteiger partial charge in [-0.2, -0.15) is 5.10 Å². The molecule has 1 heterocycles. The monoisotopic (exact) mass is 268 g/mol. The normalized spacial score (nSPS) is 10.7. The highest BCUT2D eigenvalue weighted by atomic mass is 19.1. The number of nitrogens with zero attached hydrogens (tertiary/aromatic N) is 2. The average molecular weight is 268 g/mol. The summed E-state index contributed by atoms with van der Waals surface area (Å²) in [5.41, 5.74) is 3.31. The van der Waals surface area contributed by atoms with Crippen LogP contribution in [0.2, 0.25) is 0 Å². The molecule has 0 saturated carbocycles. The van der Waals surface area contributed by atoms with E-state index in [1.807, 2.05) is 31.2 Å². The molecule has 0 radical (unpaired) electrons. The van der Waals surface area contributed by atoms with Gasteiger partial charge in [0.15, 0.2) is 0 Å². The minimum atomic E-state index is -0.465. The number of phenolic OH excluding ortho intramolecular Hbond substituents is 1. The van der Waals surface area contributed by atoms with E-state index in [0.29, 0.717) is 11.3 Å². The smallest absolute Gasteiger partial charge is 0.127 e. The minimum absolute atomic E-state index is 0.0983. The SMILES string of the molecule is Cc1ccc(-n2nccc2-c2ccc(F)cc2O)cc1. The maximum atomic E-state index is 13.1. The summed E-state index contributed by atoms with van der Waals surface area (Å²) in [6.07, 6.45) is 1.65. The summed E-state index contributed by atoms with van der Waals surface area (Å²) >= 11 is 0. The Kier molecular flexibility index (Phi) is 2.99. The van der Waals surface area contributed by atoms with Crippen LogP contribution in [0.4, 0.5) is 4.39 Å².